The summed E-state index contributed by atoms with van der Waals surface area (Å²) in [4.78, 5) is 35.2. The molecule has 1 aromatic carbocycles. The van der Waals surface area contributed by atoms with E-state index in [2.05, 4.69) is 16.2 Å². The smallest absolute Gasteiger partial charge is 0.312 e. The number of halogens is 1. The van der Waals surface area contributed by atoms with E-state index in [0.717, 1.165) is 11.1 Å². The Kier molecular flexibility index (Phi) is 7.70. The van der Waals surface area contributed by atoms with E-state index < -0.39 is 30.0 Å². The van der Waals surface area contributed by atoms with E-state index in [4.69, 9.17) is 22.1 Å². The fourth-order valence-electron chi connectivity index (χ4n) is 2.30. The first kappa shape index (κ1) is 21.6. The number of nitrogens with two attached hydrogens (primary N) is 1. The van der Waals surface area contributed by atoms with E-state index in [1.165, 1.54) is 0 Å². The van der Waals surface area contributed by atoms with Gasteiger partial charge in [-0.15, -0.1) is 0 Å². The van der Waals surface area contributed by atoms with Crippen LogP contribution in [0, 0.1) is 19.8 Å². The Balaban J connectivity index is 2.67. The highest BCUT2D eigenvalue weighted by Gasteiger charge is 2.25. The zero-order valence-corrected chi connectivity index (χ0v) is 16.2. The van der Waals surface area contributed by atoms with Crippen LogP contribution in [0.4, 0.5) is 4.79 Å². The molecule has 26 heavy (non-hydrogen) atoms. The average Bonchev–Trinajstić information content (AvgIpc) is 2.52. The van der Waals surface area contributed by atoms with E-state index in [0.29, 0.717) is 10.8 Å². The minimum Gasteiger partial charge on any atom is -0.480 e. The molecule has 5 N–H and O–H groups in total. The SMILES string of the molecule is Cc1cc(Cl)cc(C)c1O[C@@H](C)C(=O)NNC(=O)[C@@H](NC(N)=O)C(C)C. The van der Waals surface area contributed by atoms with Crippen molar-refractivity contribution in [3.8, 4) is 5.75 Å². The molecule has 0 radical (unpaired) electrons. The second-order valence-corrected chi connectivity index (χ2v) is 6.77. The maximum absolute atomic E-state index is 12.2. The number of ether oxygens (including phenoxy) is 1. The van der Waals surface area contributed by atoms with Gasteiger partial charge in [0.05, 0.1) is 0 Å². The Bertz CT molecular complexity index is 670. The number of nitrogens with one attached hydrogen (secondary N) is 3. The highest BCUT2D eigenvalue weighted by atomic mass is 35.5. The minimum absolute atomic E-state index is 0.215. The summed E-state index contributed by atoms with van der Waals surface area (Å²) < 4.78 is 5.69. The van der Waals surface area contributed by atoms with E-state index in [9.17, 15) is 14.4 Å². The first-order valence-electron chi connectivity index (χ1n) is 8.12. The van der Waals surface area contributed by atoms with Gasteiger partial charge in [-0.05, 0) is 49.9 Å². The molecule has 0 unspecified atom stereocenters. The van der Waals surface area contributed by atoms with Gasteiger partial charge in [-0.25, -0.2) is 4.79 Å². The molecule has 0 saturated heterocycles. The molecule has 144 valence electrons. The Labute approximate surface area is 157 Å². The van der Waals surface area contributed by atoms with Gasteiger partial charge in [0.1, 0.15) is 11.8 Å². The van der Waals surface area contributed by atoms with Crippen molar-refractivity contribution in [1.29, 1.82) is 0 Å². The zero-order valence-electron chi connectivity index (χ0n) is 15.5. The largest absolute Gasteiger partial charge is 0.480 e. The Hall–Kier alpha value is -2.48. The van der Waals surface area contributed by atoms with Crippen molar-refractivity contribution in [2.45, 2.75) is 46.8 Å². The second kappa shape index (κ2) is 9.28. The third kappa shape index (κ3) is 6.11. The maximum atomic E-state index is 12.2. The molecule has 1 aromatic rings. The zero-order chi connectivity index (χ0) is 20.0. The van der Waals surface area contributed by atoms with Crippen LogP contribution in [-0.2, 0) is 9.59 Å². The van der Waals surface area contributed by atoms with Gasteiger partial charge >= 0.3 is 6.03 Å². The standard InChI is InChI=1S/C17H25ClN4O4/c1-8(2)13(20-17(19)25)16(24)22-21-15(23)11(5)26-14-9(3)6-12(18)7-10(14)4/h6-8,11,13H,1-5H3,(H,21,23)(H,22,24)(H3,19,20,25)/t11-,13-/m0/s1. The van der Waals surface area contributed by atoms with Crippen molar-refractivity contribution in [3.63, 3.8) is 0 Å². The fourth-order valence-corrected chi connectivity index (χ4v) is 2.63. The number of hydrogen-bond donors (Lipinski definition) is 4. The van der Waals surface area contributed by atoms with Gasteiger partial charge in [0, 0.05) is 5.02 Å². The van der Waals surface area contributed by atoms with Gasteiger partial charge in [0.25, 0.3) is 11.8 Å². The van der Waals surface area contributed by atoms with Gasteiger partial charge in [-0.1, -0.05) is 25.4 Å². The first-order valence-corrected chi connectivity index (χ1v) is 8.49. The predicted molar refractivity (Wildman–Crippen MR) is 98.6 cm³/mol. The maximum Gasteiger partial charge on any atom is 0.312 e. The third-order valence-corrected chi connectivity index (χ3v) is 3.86. The lowest BCUT2D eigenvalue weighted by molar-refractivity contribution is -0.133. The van der Waals surface area contributed by atoms with Crippen molar-refractivity contribution in [1.82, 2.24) is 16.2 Å². The van der Waals surface area contributed by atoms with Crippen LogP contribution in [0.2, 0.25) is 5.02 Å². The summed E-state index contributed by atoms with van der Waals surface area (Å²) in [5.41, 5.74) is 11.2. The second-order valence-electron chi connectivity index (χ2n) is 6.34. The highest BCUT2D eigenvalue weighted by molar-refractivity contribution is 6.30. The highest BCUT2D eigenvalue weighted by Crippen LogP contribution is 2.27. The van der Waals surface area contributed by atoms with E-state index in [1.807, 2.05) is 13.8 Å². The first-order chi connectivity index (χ1) is 12.0. The van der Waals surface area contributed by atoms with Crippen molar-refractivity contribution < 1.29 is 19.1 Å². The number of amides is 4. The van der Waals surface area contributed by atoms with Crippen LogP contribution >= 0.6 is 11.6 Å². The molecular weight excluding hydrogens is 360 g/mol. The van der Waals surface area contributed by atoms with Crippen LogP contribution in [0.5, 0.6) is 5.75 Å². The number of rotatable bonds is 6. The number of urea groups is 1. The number of hydrogen-bond acceptors (Lipinski definition) is 4. The van der Waals surface area contributed by atoms with Gasteiger partial charge < -0.3 is 15.8 Å². The van der Waals surface area contributed by atoms with Crippen LogP contribution < -0.4 is 26.6 Å². The monoisotopic (exact) mass is 384 g/mol. The van der Waals surface area contributed by atoms with E-state index in [-0.39, 0.29) is 5.92 Å². The van der Waals surface area contributed by atoms with Crippen LogP contribution in [0.25, 0.3) is 0 Å². The fraction of sp³-hybridized carbons (Fsp3) is 0.471. The molecule has 0 aliphatic rings. The number of aryl methyl sites for hydroxylation is 2. The number of benzene rings is 1. The minimum atomic E-state index is -0.871. The van der Waals surface area contributed by atoms with E-state index in [1.54, 1.807) is 32.9 Å². The number of primary amides is 1. The third-order valence-electron chi connectivity index (χ3n) is 3.64. The summed E-state index contributed by atoms with van der Waals surface area (Å²) in [5.74, 6) is -0.793. The molecule has 4 amide bonds. The Morgan fingerprint density at radius 3 is 2.00 bits per heavy atom. The molecule has 0 aliphatic carbocycles. The number of hydrazine groups is 1. The molecule has 0 aromatic heterocycles. The van der Waals surface area contributed by atoms with Crippen LogP contribution in [0.1, 0.15) is 31.9 Å². The number of carbonyl (C=O) groups excluding carboxylic acids is 3. The topological polar surface area (TPSA) is 123 Å². The van der Waals surface area contributed by atoms with Crippen LogP contribution in [0.15, 0.2) is 12.1 Å². The summed E-state index contributed by atoms with van der Waals surface area (Å²) in [6.07, 6.45) is -0.865. The molecule has 0 fully saturated rings. The van der Waals surface area contributed by atoms with Gasteiger partial charge in [0.15, 0.2) is 6.10 Å². The van der Waals surface area contributed by atoms with Crippen LogP contribution in [-0.4, -0.2) is 30.0 Å². The van der Waals surface area contributed by atoms with Crippen molar-refractivity contribution in [3.05, 3.63) is 28.3 Å². The Morgan fingerprint density at radius 2 is 1.54 bits per heavy atom. The molecule has 0 spiro atoms. The lowest BCUT2D eigenvalue weighted by atomic mass is 10.0. The summed E-state index contributed by atoms with van der Waals surface area (Å²) in [7, 11) is 0. The summed E-state index contributed by atoms with van der Waals surface area (Å²) in [5, 5.41) is 2.91. The molecule has 2 atom stereocenters. The van der Waals surface area contributed by atoms with E-state index >= 15 is 0 Å². The lowest BCUT2D eigenvalue weighted by Gasteiger charge is -2.22. The molecule has 1 rings (SSSR count). The molecule has 0 aliphatic heterocycles. The Morgan fingerprint density at radius 1 is 1.04 bits per heavy atom. The predicted octanol–water partition coefficient (Wildman–Crippen LogP) is 1.56. The van der Waals surface area contributed by atoms with Crippen molar-refractivity contribution in [2.24, 2.45) is 11.7 Å². The normalized spacial score (nSPS) is 12.9. The molecule has 8 nitrogen and oxygen atoms in total. The summed E-state index contributed by atoms with van der Waals surface area (Å²) >= 11 is 5.98. The van der Waals surface area contributed by atoms with Crippen molar-refractivity contribution in [2.75, 3.05) is 0 Å². The van der Waals surface area contributed by atoms with Gasteiger partial charge in [-0.2, -0.15) is 0 Å². The molecule has 0 heterocycles. The van der Waals surface area contributed by atoms with Gasteiger partial charge in [-0.3, -0.25) is 20.4 Å². The summed E-state index contributed by atoms with van der Waals surface area (Å²) in [6.45, 7) is 8.67. The molecular formula is C17H25ClN4O4. The van der Waals surface area contributed by atoms with Gasteiger partial charge in [0.2, 0.25) is 0 Å². The molecule has 0 saturated carbocycles. The van der Waals surface area contributed by atoms with Crippen LogP contribution in [0.3, 0.4) is 0 Å². The molecule has 0 bridgehead atoms. The average molecular weight is 385 g/mol. The lowest BCUT2D eigenvalue weighted by Crippen LogP contribution is -2.56. The molecule has 9 heteroatoms. The summed E-state index contributed by atoms with van der Waals surface area (Å²) in [6, 6.07) is 1.78. The quantitative estimate of drug-likeness (QED) is 0.556. The number of carbonyl (C=O) groups is 3. The van der Waals surface area contributed by atoms with Crippen molar-refractivity contribution >= 4 is 29.4 Å².